The van der Waals surface area contributed by atoms with Crippen molar-refractivity contribution in [3.05, 3.63) is 12.2 Å². The Bertz CT molecular complexity index is 149. The molecule has 14 heavy (non-hydrogen) atoms. The Hall–Kier alpha value is -0.300. The van der Waals surface area contributed by atoms with E-state index in [0.29, 0.717) is 12.0 Å². The third kappa shape index (κ3) is 4.28. The Balaban J connectivity index is 0.000000500. The number of ether oxygens (including phenoxy) is 1. The molecule has 3 atom stereocenters. The highest BCUT2D eigenvalue weighted by atomic mass is 16.5. The Morgan fingerprint density at radius 1 is 1.29 bits per heavy atom. The summed E-state index contributed by atoms with van der Waals surface area (Å²) in [5, 5.41) is 0. The summed E-state index contributed by atoms with van der Waals surface area (Å²) in [5.74, 6) is 0.642. The fourth-order valence-electron chi connectivity index (χ4n) is 1.64. The Morgan fingerprint density at radius 3 is 2.14 bits per heavy atom. The predicted molar refractivity (Wildman–Crippen MR) is 63.5 cm³/mol. The molecule has 0 amide bonds. The molecule has 0 aromatic carbocycles. The lowest BCUT2D eigenvalue weighted by Crippen LogP contribution is -2.31. The van der Waals surface area contributed by atoms with Crippen molar-refractivity contribution in [1.82, 2.24) is 0 Å². The molecule has 1 heterocycles. The van der Waals surface area contributed by atoms with Crippen LogP contribution in [0.1, 0.15) is 53.9 Å². The number of rotatable bonds is 1. The van der Waals surface area contributed by atoms with Crippen molar-refractivity contribution in [1.29, 1.82) is 0 Å². The second-order valence-corrected chi connectivity index (χ2v) is 4.23. The summed E-state index contributed by atoms with van der Waals surface area (Å²) < 4.78 is 5.72. The molecule has 0 N–H and O–H groups in total. The fraction of sp³-hybridized carbons (Fsp3) is 0.846. The maximum atomic E-state index is 5.72. The van der Waals surface area contributed by atoms with E-state index in [9.17, 15) is 0 Å². The topological polar surface area (TPSA) is 9.23 Å². The molecule has 1 rings (SSSR count). The van der Waals surface area contributed by atoms with Crippen LogP contribution in [0.3, 0.4) is 0 Å². The van der Waals surface area contributed by atoms with Crippen LogP contribution in [0.2, 0.25) is 0 Å². The summed E-state index contributed by atoms with van der Waals surface area (Å²) in [7, 11) is 0. The molecule has 1 aliphatic rings. The molecule has 0 spiro atoms. The number of hydrogen-bond donors (Lipinski definition) is 0. The summed E-state index contributed by atoms with van der Waals surface area (Å²) in [4.78, 5) is 0. The summed E-state index contributed by atoms with van der Waals surface area (Å²) in [6, 6.07) is 0. The minimum Gasteiger partial charge on any atom is -0.371 e. The van der Waals surface area contributed by atoms with E-state index in [4.69, 9.17) is 4.74 Å². The van der Waals surface area contributed by atoms with Gasteiger partial charge in [-0.3, -0.25) is 0 Å². The van der Waals surface area contributed by atoms with Gasteiger partial charge >= 0.3 is 0 Å². The first kappa shape index (κ1) is 13.7. The first-order valence-corrected chi connectivity index (χ1v) is 5.90. The van der Waals surface area contributed by atoms with Gasteiger partial charge in [-0.15, -0.1) is 0 Å². The van der Waals surface area contributed by atoms with Crippen LogP contribution in [-0.2, 0) is 4.74 Å². The van der Waals surface area contributed by atoms with Gasteiger partial charge in [-0.05, 0) is 31.3 Å². The highest BCUT2D eigenvalue weighted by Gasteiger charge is 2.25. The average Bonchev–Trinajstić information content (AvgIpc) is 2.14. The lowest BCUT2D eigenvalue weighted by molar-refractivity contribution is -0.0248. The van der Waals surface area contributed by atoms with Crippen molar-refractivity contribution >= 4 is 0 Å². The van der Waals surface area contributed by atoms with E-state index in [2.05, 4.69) is 41.2 Å². The molecule has 0 bridgehead atoms. The molecule has 0 radical (unpaired) electrons. The SMILES string of the molecule is C=C1C(C)CC(CC)OC1C.CCC. The number of hydrogen-bond acceptors (Lipinski definition) is 1. The van der Waals surface area contributed by atoms with Crippen LogP contribution in [0, 0.1) is 5.92 Å². The molecule has 0 saturated carbocycles. The van der Waals surface area contributed by atoms with Crippen LogP contribution in [0.5, 0.6) is 0 Å². The second kappa shape index (κ2) is 7.05. The summed E-state index contributed by atoms with van der Waals surface area (Å²) in [6.07, 6.45) is 4.26. The summed E-state index contributed by atoms with van der Waals surface area (Å²) in [5.41, 5.74) is 1.26. The third-order valence-electron chi connectivity index (χ3n) is 2.62. The van der Waals surface area contributed by atoms with Gasteiger partial charge in [0.1, 0.15) is 0 Å². The van der Waals surface area contributed by atoms with Crippen molar-refractivity contribution in [3.63, 3.8) is 0 Å². The second-order valence-electron chi connectivity index (χ2n) is 4.23. The van der Waals surface area contributed by atoms with Crippen LogP contribution < -0.4 is 0 Å². The highest BCUT2D eigenvalue weighted by molar-refractivity contribution is 5.08. The van der Waals surface area contributed by atoms with Gasteiger partial charge in [-0.2, -0.15) is 0 Å². The first-order chi connectivity index (χ1) is 6.56. The standard InChI is InChI=1S/C10H18O.C3H8/c1-5-10-6-7(2)8(3)9(4)11-10;1-3-2/h7,9-10H,3,5-6H2,1-2,4H3;3H2,1-2H3. The zero-order valence-corrected chi connectivity index (χ0v) is 10.5. The van der Waals surface area contributed by atoms with Gasteiger partial charge < -0.3 is 4.74 Å². The zero-order chi connectivity index (χ0) is 11.1. The van der Waals surface area contributed by atoms with Crippen LogP contribution in [0.4, 0.5) is 0 Å². The van der Waals surface area contributed by atoms with Crippen LogP contribution in [0.15, 0.2) is 12.2 Å². The van der Waals surface area contributed by atoms with Crippen LogP contribution >= 0.6 is 0 Å². The van der Waals surface area contributed by atoms with E-state index >= 15 is 0 Å². The van der Waals surface area contributed by atoms with Gasteiger partial charge in [0.15, 0.2) is 0 Å². The normalized spacial score (nSPS) is 32.1. The molecule has 0 aliphatic carbocycles. The molecule has 1 saturated heterocycles. The van der Waals surface area contributed by atoms with E-state index in [1.807, 2.05) is 0 Å². The van der Waals surface area contributed by atoms with Crippen molar-refractivity contribution in [2.45, 2.75) is 66.1 Å². The minimum absolute atomic E-state index is 0.267. The van der Waals surface area contributed by atoms with Crippen molar-refractivity contribution in [2.75, 3.05) is 0 Å². The highest BCUT2D eigenvalue weighted by Crippen LogP contribution is 2.29. The van der Waals surface area contributed by atoms with Gasteiger partial charge in [0, 0.05) is 0 Å². The summed E-state index contributed by atoms with van der Waals surface area (Å²) in [6.45, 7) is 14.8. The largest absolute Gasteiger partial charge is 0.371 e. The third-order valence-corrected chi connectivity index (χ3v) is 2.62. The monoisotopic (exact) mass is 198 g/mol. The predicted octanol–water partition coefficient (Wildman–Crippen LogP) is 4.18. The molecule has 84 valence electrons. The lowest BCUT2D eigenvalue weighted by atomic mass is 9.89. The van der Waals surface area contributed by atoms with Gasteiger partial charge in [0.05, 0.1) is 12.2 Å². The minimum atomic E-state index is 0.267. The van der Waals surface area contributed by atoms with Gasteiger partial charge in [0.25, 0.3) is 0 Å². The van der Waals surface area contributed by atoms with Crippen LogP contribution in [-0.4, -0.2) is 12.2 Å². The van der Waals surface area contributed by atoms with E-state index in [0.717, 1.165) is 12.8 Å². The molecular weight excluding hydrogens is 172 g/mol. The molecule has 1 aliphatic heterocycles. The Labute approximate surface area is 89.5 Å². The van der Waals surface area contributed by atoms with Gasteiger partial charge in [-0.1, -0.05) is 40.7 Å². The maximum Gasteiger partial charge on any atom is 0.0760 e. The molecule has 1 nitrogen and oxygen atoms in total. The average molecular weight is 198 g/mol. The van der Waals surface area contributed by atoms with Gasteiger partial charge in [-0.25, -0.2) is 0 Å². The molecular formula is C13H26O. The first-order valence-electron chi connectivity index (χ1n) is 5.90. The molecule has 1 fully saturated rings. The lowest BCUT2D eigenvalue weighted by Gasteiger charge is -2.33. The fourth-order valence-corrected chi connectivity index (χ4v) is 1.64. The van der Waals surface area contributed by atoms with Crippen molar-refractivity contribution in [2.24, 2.45) is 5.92 Å². The molecule has 1 heteroatoms. The van der Waals surface area contributed by atoms with E-state index in [1.54, 1.807) is 0 Å². The Morgan fingerprint density at radius 2 is 1.79 bits per heavy atom. The van der Waals surface area contributed by atoms with Crippen molar-refractivity contribution < 1.29 is 4.74 Å². The maximum absolute atomic E-state index is 5.72. The molecule has 0 aromatic rings. The Kier molecular flexibility index (Phi) is 6.90. The smallest absolute Gasteiger partial charge is 0.0760 e. The molecule has 0 aromatic heterocycles. The van der Waals surface area contributed by atoms with E-state index in [1.165, 1.54) is 12.0 Å². The van der Waals surface area contributed by atoms with E-state index in [-0.39, 0.29) is 6.10 Å². The van der Waals surface area contributed by atoms with Crippen LogP contribution in [0.25, 0.3) is 0 Å². The zero-order valence-electron chi connectivity index (χ0n) is 10.5. The van der Waals surface area contributed by atoms with Gasteiger partial charge in [0.2, 0.25) is 0 Å². The van der Waals surface area contributed by atoms with E-state index < -0.39 is 0 Å². The molecule has 3 unspecified atom stereocenters. The summed E-state index contributed by atoms with van der Waals surface area (Å²) >= 11 is 0. The van der Waals surface area contributed by atoms with Crippen molar-refractivity contribution in [3.8, 4) is 0 Å². The quantitative estimate of drug-likeness (QED) is 0.574.